The highest BCUT2D eigenvalue weighted by molar-refractivity contribution is 7.89. The molecule has 0 aromatic heterocycles. The number of rotatable bonds is 5. The van der Waals surface area contributed by atoms with Crippen LogP contribution in [0.1, 0.15) is 10.4 Å². The lowest BCUT2D eigenvalue weighted by atomic mass is 10.2. The lowest BCUT2D eigenvalue weighted by Crippen LogP contribution is -2.39. The number of sulfonamides is 1. The molecule has 0 radical (unpaired) electrons. The van der Waals surface area contributed by atoms with E-state index < -0.39 is 15.9 Å². The van der Waals surface area contributed by atoms with Crippen molar-refractivity contribution in [2.45, 2.75) is 4.90 Å². The van der Waals surface area contributed by atoms with Crippen LogP contribution in [0.2, 0.25) is 5.02 Å². The fraction of sp³-hybridized carbons (Fsp3) is 0.133. The average Bonchev–Trinajstić information content (AvgIpc) is 2.55. The summed E-state index contributed by atoms with van der Waals surface area (Å²) < 4.78 is 25.9. The minimum absolute atomic E-state index is 0.0306. The van der Waals surface area contributed by atoms with Gasteiger partial charge in [0.2, 0.25) is 10.0 Å². The topological polar surface area (TPSA) is 78.5 Å². The van der Waals surface area contributed by atoms with Crippen LogP contribution in [0.4, 0.5) is 5.69 Å². The molecule has 0 aliphatic carbocycles. The number of carbonyl (C=O) groups excluding carboxylic acids is 1. The number of para-hydroxylation sites is 1. The van der Waals surface area contributed by atoms with Gasteiger partial charge in [0.05, 0.1) is 21.2 Å². The molecule has 0 aliphatic rings. The number of nitrogens with zero attached hydrogens (tertiary/aromatic N) is 1. The van der Waals surface area contributed by atoms with Gasteiger partial charge in [0.25, 0.3) is 5.91 Å². The second kappa shape index (κ2) is 6.99. The first-order valence-electron chi connectivity index (χ1n) is 6.68. The number of amides is 1. The molecule has 23 heavy (non-hydrogen) atoms. The van der Waals surface area contributed by atoms with E-state index in [9.17, 15) is 13.2 Å². The first kappa shape index (κ1) is 17.3. The average molecular weight is 354 g/mol. The maximum absolute atomic E-state index is 12.4. The minimum Gasteiger partial charge on any atom is -0.288 e. The predicted molar refractivity (Wildman–Crippen MR) is 90.0 cm³/mol. The summed E-state index contributed by atoms with van der Waals surface area (Å²) in [4.78, 5) is 12.3. The summed E-state index contributed by atoms with van der Waals surface area (Å²) in [6.45, 7) is 0. The summed E-state index contributed by atoms with van der Waals surface area (Å²) in [5.74, 6) is -0.505. The van der Waals surface area contributed by atoms with Crippen molar-refractivity contribution in [3.05, 3.63) is 59.1 Å². The van der Waals surface area contributed by atoms with Crippen LogP contribution in [0.25, 0.3) is 0 Å². The van der Waals surface area contributed by atoms with E-state index in [4.69, 9.17) is 11.6 Å². The molecule has 1 amide bonds. The Hall–Kier alpha value is -2.09. The van der Waals surface area contributed by atoms with E-state index in [0.29, 0.717) is 0 Å². The Morgan fingerprint density at radius 1 is 1.13 bits per heavy atom. The molecular formula is C15H16ClN3O3S. The van der Waals surface area contributed by atoms with Crippen LogP contribution in [0, 0.1) is 0 Å². The third kappa shape index (κ3) is 4.01. The Bertz CT molecular complexity index is 810. The van der Waals surface area contributed by atoms with Gasteiger partial charge in [-0.1, -0.05) is 29.8 Å². The highest BCUT2D eigenvalue weighted by atomic mass is 35.5. The van der Waals surface area contributed by atoms with Crippen molar-refractivity contribution in [2.75, 3.05) is 19.1 Å². The molecule has 0 saturated carbocycles. The molecule has 0 unspecified atom stereocenters. The summed E-state index contributed by atoms with van der Waals surface area (Å²) in [7, 11) is -0.679. The van der Waals surface area contributed by atoms with Crippen LogP contribution in [0.3, 0.4) is 0 Å². The molecule has 0 atom stereocenters. The van der Waals surface area contributed by atoms with Gasteiger partial charge in [0.15, 0.2) is 0 Å². The van der Waals surface area contributed by atoms with Crippen LogP contribution in [0.15, 0.2) is 53.4 Å². The number of carbonyl (C=O) groups is 1. The summed E-state index contributed by atoms with van der Waals surface area (Å²) in [5, 5.41) is 1.69. The highest BCUT2D eigenvalue weighted by Gasteiger charge is 2.18. The number of nitrogens with one attached hydrogen (secondary N) is 2. The maximum Gasteiger partial charge on any atom is 0.271 e. The van der Waals surface area contributed by atoms with Crippen molar-refractivity contribution in [2.24, 2.45) is 0 Å². The quantitative estimate of drug-likeness (QED) is 0.806. The van der Waals surface area contributed by atoms with Crippen LogP contribution in [0.5, 0.6) is 0 Å². The largest absolute Gasteiger partial charge is 0.288 e. The Balaban J connectivity index is 2.27. The fourth-order valence-electron chi connectivity index (χ4n) is 1.89. The molecular weight excluding hydrogens is 338 g/mol. The van der Waals surface area contributed by atoms with E-state index in [1.165, 1.54) is 30.3 Å². The van der Waals surface area contributed by atoms with E-state index in [-0.39, 0.29) is 15.5 Å². The summed E-state index contributed by atoms with van der Waals surface area (Å²) in [6, 6.07) is 13.1. The van der Waals surface area contributed by atoms with Gasteiger partial charge in [0.1, 0.15) is 0 Å². The van der Waals surface area contributed by atoms with E-state index in [0.717, 1.165) is 5.69 Å². The summed E-state index contributed by atoms with van der Waals surface area (Å²) in [6.07, 6.45) is 0. The molecule has 0 bridgehead atoms. The maximum atomic E-state index is 12.4. The van der Waals surface area contributed by atoms with E-state index in [1.807, 2.05) is 30.3 Å². The van der Waals surface area contributed by atoms with E-state index in [1.54, 1.807) is 7.05 Å². The van der Waals surface area contributed by atoms with Crippen molar-refractivity contribution in [3.63, 3.8) is 0 Å². The van der Waals surface area contributed by atoms with Crippen molar-refractivity contribution in [1.82, 2.24) is 10.1 Å². The second-order valence-corrected chi connectivity index (χ2v) is 6.98. The lowest BCUT2D eigenvalue weighted by molar-refractivity contribution is 0.0951. The van der Waals surface area contributed by atoms with Gasteiger partial charge in [-0.15, -0.1) is 0 Å². The third-order valence-electron chi connectivity index (χ3n) is 3.17. The van der Waals surface area contributed by atoms with E-state index in [2.05, 4.69) is 10.1 Å². The van der Waals surface area contributed by atoms with Gasteiger partial charge in [-0.2, -0.15) is 0 Å². The number of hydrogen-bond acceptors (Lipinski definition) is 4. The Morgan fingerprint density at radius 2 is 1.78 bits per heavy atom. The summed E-state index contributed by atoms with van der Waals surface area (Å²) >= 11 is 6.02. The summed E-state index contributed by atoms with van der Waals surface area (Å²) in [5.41, 5.74) is 3.49. The van der Waals surface area contributed by atoms with Gasteiger partial charge in [0, 0.05) is 7.05 Å². The number of benzene rings is 2. The van der Waals surface area contributed by atoms with Crippen LogP contribution in [-0.2, 0) is 10.0 Å². The highest BCUT2D eigenvalue weighted by Crippen LogP contribution is 2.21. The zero-order chi connectivity index (χ0) is 17.0. The first-order chi connectivity index (χ1) is 10.8. The Kier molecular flexibility index (Phi) is 5.25. The SMILES string of the molecule is CNS(=O)(=O)c1ccc(Cl)c(C(=O)NN(C)c2ccccc2)c1. The molecule has 2 N–H and O–H groups in total. The first-order valence-corrected chi connectivity index (χ1v) is 8.54. The van der Waals surface area contributed by atoms with Crippen LogP contribution < -0.4 is 15.2 Å². The predicted octanol–water partition coefficient (Wildman–Crippen LogP) is 2.03. The van der Waals surface area contributed by atoms with Crippen molar-refractivity contribution < 1.29 is 13.2 Å². The van der Waals surface area contributed by atoms with Gasteiger partial charge in [-0.25, -0.2) is 13.1 Å². The van der Waals surface area contributed by atoms with Gasteiger partial charge in [-0.3, -0.25) is 15.2 Å². The lowest BCUT2D eigenvalue weighted by Gasteiger charge is -2.20. The standard InChI is InChI=1S/C15H16ClN3O3S/c1-17-23(21,22)12-8-9-14(16)13(10-12)15(20)18-19(2)11-6-4-3-5-7-11/h3-10,17H,1-2H3,(H,18,20). The van der Waals surface area contributed by atoms with Gasteiger partial charge < -0.3 is 0 Å². The molecule has 0 saturated heterocycles. The Labute approximate surface area is 140 Å². The van der Waals surface area contributed by atoms with Crippen LogP contribution >= 0.6 is 11.6 Å². The monoisotopic (exact) mass is 353 g/mol. The fourth-order valence-corrected chi connectivity index (χ4v) is 2.85. The van der Waals surface area contributed by atoms with Crippen molar-refractivity contribution in [3.8, 4) is 0 Å². The second-order valence-electron chi connectivity index (χ2n) is 4.68. The van der Waals surface area contributed by atoms with Crippen molar-refractivity contribution >= 4 is 33.2 Å². The number of hydrazine groups is 1. The molecule has 2 aromatic rings. The van der Waals surface area contributed by atoms with Crippen LogP contribution in [-0.4, -0.2) is 28.4 Å². The molecule has 0 fully saturated rings. The molecule has 0 aliphatic heterocycles. The minimum atomic E-state index is -3.65. The number of hydrogen-bond donors (Lipinski definition) is 2. The zero-order valence-electron chi connectivity index (χ0n) is 12.6. The molecule has 0 heterocycles. The Morgan fingerprint density at radius 3 is 2.39 bits per heavy atom. The van der Waals surface area contributed by atoms with Gasteiger partial charge >= 0.3 is 0 Å². The molecule has 8 heteroatoms. The molecule has 0 spiro atoms. The van der Waals surface area contributed by atoms with E-state index >= 15 is 0 Å². The third-order valence-corrected chi connectivity index (χ3v) is 4.92. The molecule has 2 rings (SSSR count). The smallest absolute Gasteiger partial charge is 0.271 e. The molecule has 6 nitrogen and oxygen atoms in total. The molecule has 2 aromatic carbocycles. The van der Waals surface area contributed by atoms with Gasteiger partial charge in [-0.05, 0) is 37.4 Å². The number of halogens is 1. The number of anilines is 1. The normalized spacial score (nSPS) is 11.1. The zero-order valence-corrected chi connectivity index (χ0v) is 14.1. The molecule has 122 valence electrons. The van der Waals surface area contributed by atoms with Crippen molar-refractivity contribution in [1.29, 1.82) is 0 Å².